The average molecular weight is 501 g/mol. The summed E-state index contributed by atoms with van der Waals surface area (Å²) in [6.07, 6.45) is -3.76. The van der Waals surface area contributed by atoms with Crippen LogP contribution < -0.4 is 4.74 Å². The molecule has 186 valence electrons. The minimum atomic E-state index is -5.27. The van der Waals surface area contributed by atoms with Gasteiger partial charge in [-0.3, -0.25) is 4.79 Å². The number of ketones is 1. The summed E-state index contributed by atoms with van der Waals surface area (Å²) in [5.74, 6) is -3.80. The molecule has 0 aliphatic heterocycles. The zero-order chi connectivity index (χ0) is 26.2. The maximum atomic E-state index is 13.6. The smallest absolute Gasteiger partial charge is 0.400 e. The van der Waals surface area contributed by atoms with Crippen LogP contribution in [0, 0.1) is 13.8 Å². The second-order valence-corrected chi connectivity index (χ2v) is 10.2. The number of allylic oxidation sites excluding steroid dienone is 2. The van der Waals surface area contributed by atoms with Crippen LogP contribution in [0.5, 0.6) is 5.88 Å². The van der Waals surface area contributed by atoms with Gasteiger partial charge in [0.25, 0.3) is 0 Å². The molecule has 11 heteroatoms. The molecule has 1 aromatic carbocycles. The van der Waals surface area contributed by atoms with Crippen LogP contribution in [0.25, 0.3) is 5.57 Å². The van der Waals surface area contributed by atoms with Gasteiger partial charge in [0.15, 0.2) is 9.84 Å². The lowest BCUT2D eigenvalue weighted by Crippen LogP contribution is -2.29. The van der Waals surface area contributed by atoms with E-state index >= 15 is 0 Å². The third kappa shape index (κ3) is 5.40. The van der Waals surface area contributed by atoms with E-state index < -0.39 is 33.6 Å². The van der Waals surface area contributed by atoms with Gasteiger partial charge >= 0.3 is 12.1 Å². The van der Waals surface area contributed by atoms with Gasteiger partial charge in [-0.05, 0) is 69.9 Å². The molecule has 0 unspecified atom stereocenters. The van der Waals surface area contributed by atoms with Crippen molar-refractivity contribution in [1.29, 1.82) is 0 Å². The maximum Gasteiger partial charge on any atom is 0.491 e. The number of carbonyl (C=O) groups is 2. The number of hydrogen-bond donors (Lipinski definition) is 0. The number of aryl methyl sites for hydroxylation is 2. The molecular formula is C23H27F3N2O5S. The highest BCUT2D eigenvalue weighted by Crippen LogP contribution is 2.34. The molecule has 0 saturated heterocycles. The number of halogens is 3. The zero-order valence-corrected chi connectivity index (χ0v) is 20.9. The fourth-order valence-corrected chi connectivity index (χ4v) is 4.52. The van der Waals surface area contributed by atoms with Crippen molar-refractivity contribution in [2.45, 2.75) is 65.6 Å². The Balaban J connectivity index is 2.81. The first-order valence-corrected chi connectivity index (χ1v) is 12.3. The lowest BCUT2D eigenvalue weighted by Gasteiger charge is -2.17. The summed E-state index contributed by atoms with van der Waals surface area (Å²) >= 11 is 0. The molecule has 2 aromatic rings. The lowest BCUT2D eigenvalue weighted by atomic mass is 9.91. The second kappa shape index (κ2) is 9.73. The SMILES string of the molecule is CCCn1nc(C)c(C(=O)c2ccc(S(C)(=O)=O)c(C(C)=C(C)C)c2C)c1OC(=O)C(F)(F)F. The van der Waals surface area contributed by atoms with E-state index in [9.17, 15) is 31.2 Å². The van der Waals surface area contributed by atoms with Gasteiger partial charge in [0.05, 0.1) is 10.6 Å². The van der Waals surface area contributed by atoms with Crippen molar-refractivity contribution >= 4 is 27.2 Å². The maximum absolute atomic E-state index is 13.6. The number of rotatable bonds is 7. The molecule has 0 saturated carbocycles. The van der Waals surface area contributed by atoms with E-state index in [1.165, 1.54) is 19.1 Å². The summed E-state index contributed by atoms with van der Waals surface area (Å²) in [7, 11) is -3.65. The third-order valence-electron chi connectivity index (χ3n) is 5.36. The molecule has 2 rings (SSSR count). The molecule has 0 fully saturated rings. The van der Waals surface area contributed by atoms with Gasteiger partial charge in [0.1, 0.15) is 5.56 Å². The van der Waals surface area contributed by atoms with Gasteiger partial charge in [-0.2, -0.15) is 18.3 Å². The fourth-order valence-electron chi connectivity index (χ4n) is 3.53. The second-order valence-electron chi connectivity index (χ2n) is 8.21. The van der Waals surface area contributed by atoms with Crippen molar-refractivity contribution in [3.63, 3.8) is 0 Å². The zero-order valence-electron chi connectivity index (χ0n) is 20.0. The molecule has 0 radical (unpaired) electrons. The highest BCUT2D eigenvalue weighted by molar-refractivity contribution is 7.90. The first-order valence-electron chi connectivity index (χ1n) is 10.4. The molecule has 34 heavy (non-hydrogen) atoms. The molecule has 0 amide bonds. The number of hydrogen-bond acceptors (Lipinski definition) is 6. The van der Waals surface area contributed by atoms with Crippen molar-refractivity contribution in [1.82, 2.24) is 9.78 Å². The number of aromatic nitrogens is 2. The van der Waals surface area contributed by atoms with Crippen LogP contribution in [0.2, 0.25) is 0 Å². The Labute approximate surface area is 196 Å². The van der Waals surface area contributed by atoms with E-state index in [1.807, 2.05) is 0 Å². The van der Waals surface area contributed by atoms with Crippen LogP contribution >= 0.6 is 0 Å². The number of ether oxygens (including phenoxy) is 1. The number of sulfone groups is 1. The summed E-state index contributed by atoms with van der Waals surface area (Å²) < 4.78 is 69.2. The van der Waals surface area contributed by atoms with Crippen LogP contribution in [0.4, 0.5) is 13.2 Å². The Hall–Kier alpha value is -2.95. The molecular weight excluding hydrogens is 473 g/mol. The normalized spacial score (nSPS) is 11.9. The summed E-state index contributed by atoms with van der Waals surface area (Å²) in [6, 6.07) is 2.60. The Morgan fingerprint density at radius 2 is 1.68 bits per heavy atom. The third-order valence-corrected chi connectivity index (χ3v) is 6.50. The van der Waals surface area contributed by atoms with Gasteiger partial charge in [-0.25, -0.2) is 17.9 Å². The molecule has 0 spiro atoms. The van der Waals surface area contributed by atoms with Crippen molar-refractivity contribution in [3.8, 4) is 5.88 Å². The lowest BCUT2D eigenvalue weighted by molar-refractivity contribution is -0.190. The minimum Gasteiger partial charge on any atom is -0.400 e. The summed E-state index contributed by atoms with van der Waals surface area (Å²) in [4.78, 5) is 25.2. The molecule has 0 N–H and O–H groups in total. The molecule has 1 heterocycles. The van der Waals surface area contributed by atoms with E-state index in [4.69, 9.17) is 0 Å². The van der Waals surface area contributed by atoms with E-state index in [1.54, 1.807) is 34.6 Å². The number of benzene rings is 1. The molecule has 0 aliphatic rings. The Morgan fingerprint density at radius 3 is 2.15 bits per heavy atom. The van der Waals surface area contributed by atoms with Crippen LogP contribution in [0.1, 0.15) is 66.9 Å². The first kappa shape index (κ1) is 27.3. The Bertz CT molecular complexity index is 1280. The number of esters is 1. The monoisotopic (exact) mass is 500 g/mol. The van der Waals surface area contributed by atoms with Crippen LogP contribution in [0.3, 0.4) is 0 Å². The number of alkyl halides is 3. The average Bonchev–Trinajstić information content (AvgIpc) is 3.00. The van der Waals surface area contributed by atoms with E-state index in [2.05, 4.69) is 9.84 Å². The highest BCUT2D eigenvalue weighted by atomic mass is 32.2. The van der Waals surface area contributed by atoms with Gasteiger partial charge in [0.2, 0.25) is 11.7 Å². The molecule has 0 atom stereocenters. The summed E-state index contributed by atoms with van der Waals surface area (Å²) in [5, 5.41) is 4.10. The minimum absolute atomic E-state index is 0.0300. The van der Waals surface area contributed by atoms with Gasteiger partial charge in [0, 0.05) is 18.4 Å². The molecule has 1 aromatic heterocycles. The van der Waals surface area contributed by atoms with E-state index in [0.29, 0.717) is 23.1 Å². The van der Waals surface area contributed by atoms with Crippen molar-refractivity contribution < 1.29 is 35.9 Å². The van der Waals surface area contributed by atoms with Crippen LogP contribution in [0.15, 0.2) is 22.6 Å². The fraction of sp³-hybridized carbons (Fsp3) is 0.435. The van der Waals surface area contributed by atoms with Crippen molar-refractivity contribution in [2.24, 2.45) is 0 Å². The topological polar surface area (TPSA) is 95.3 Å². The van der Waals surface area contributed by atoms with Crippen LogP contribution in [-0.4, -0.2) is 42.4 Å². The van der Waals surface area contributed by atoms with E-state index in [-0.39, 0.29) is 28.3 Å². The predicted molar refractivity (Wildman–Crippen MR) is 121 cm³/mol. The summed E-state index contributed by atoms with van der Waals surface area (Å²) in [5.41, 5.74) is 2.01. The van der Waals surface area contributed by atoms with Crippen molar-refractivity contribution in [3.05, 3.63) is 45.7 Å². The number of carbonyl (C=O) groups excluding carboxylic acids is 2. The van der Waals surface area contributed by atoms with Gasteiger partial charge in [-0.15, -0.1) is 0 Å². The van der Waals surface area contributed by atoms with Gasteiger partial charge in [-0.1, -0.05) is 12.5 Å². The molecule has 0 bridgehead atoms. The Kier molecular flexibility index (Phi) is 7.81. The standard InChI is InChI=1S/C23H27F3N2O5S/c1-8-11-28-21(33-22(30)23(24,25)26)19(15(6)27-28)20(29)16-9-10-17(34(7,31)32)18(14(16)5)13(4)12(2)3/h9-10H,8,11H2,1-7H3. The number of nitrogens with zero attached hydrogens (tertiary/aromatic N) is 2. The van der Waals surface area contributed by atoms with Gasteiger partial charge < -0.3 is 4.74 Å². The predicted octanol–water partition coefficient (Wildman–Crippen LogP) is 4.83. The molecule has 7 nitrogen and oxygen atoms in total. The van der Waals surface area contributed by atoms with Crippen molar-refractivity contribution in [2.75, 3.05) is 6.26 Å². The van der Waals surface area contributed by atoms with Crippen LogP contribution in [-0.2, 0) is 21.2 Å². The van der Waals surface area contributed by atoms with E-state index in [0.717, 1.165) is 16.5 Å². The first-order chi connectivity index (χ1) is 15.5. The summed E-state index contributed by atoms with van der Waals surface area (Å²) in [6.45, 7) is 10.2. The quantitative estimate of drug-likeness (QED) is 0.399. The largest absolute Gasteiger partial charge is 0.491 e. The Morgan fingerprint density at radius 1 is 1.09 bits per heavy atom. The molecule has 0 aliphatic carbocycles. The highest BCUT2D eigenvalue weighted by Gasteiger charge is 2.43.